The standard InChI is InChI=1S/C25H21NO3S/c1-29-19-11-7-18(8-12-19)16-26-24(27)22-6-4-3-5-21(22)23(25(26)28)15-17-9-13-20(30-2)14-10-17/h3-15H,16H2,1-2H3. The van der Waals surface area contributed by atoms with Crippen molar-refractivity contribution >= 4 is 35.2 Å². The van der Waals surface area contributed by atoms with Gasteiger partial charge in [-0.15, -0.1) is 11.8 Å². The Kier molecular flexibility index (Phi) is 5.72. The number of ether oxygens (including phenoxy) is 1. The van der Waals surface area contributed by atoms with E-state index in [1.54, 1.807) is 24.9 Å². The van der Waals surface area contributed by atoms with E-state index in [1.165, 1.54) is 4.90 Å². The number of rotatable bonds is 5. The van der Waals surface area contributed by atoms with E-state index in [4.69, 9.17) is 4.74 Å². The van der Waals surface area contributed by atoms with E-state index in [1.807, 2.05) is 79.1 Å². The molecule has 30 heavy (non-hydrogen) atoms. The first-order valence-electron chi connectivity index (χ1n) is 9.55. The molecule has 3 aromatic carbocycles. The third-order valence-electron chi connectivity index (χ3n) is 5.09. The van der Waals surface area contributed by atoms with Crippen LogP contribution < -0.4 is 4.74 Å². The van der Waals surface area contributed by atoms with Crippen molar-refractivity contribution in [2.75, 3.05) is 13.4 Å². The van der Waals surface area contributed by atoms with E-state index in [0.717, 1.165) is 21.8 Å². The Balaban J connectivity index is 1.73. The molecule has 150 valence electrons. The lowest BCUT2D eigenvalue weighted by molar-refractivity contribution is -0.123. The number of methoxy groups -OCH3 is 1. The van der Waals surface area contributed by atoms with Gasteiger partial charge in [-0.2, -0.15) is 0 Å². The van der Waals surface area contributed by atoms with Crippen LogP contribution in [0.4, 0.5) is 0 Å². The highest BCUT2D eigenvalue weighted by atomic mass is 32.2. The Morgan fingerprint density at radius 3 is 2.17 bits per heavy atom. The van der Waals surface area contributed by atoms with Crippen LogP contribution in [0.1, 0.15) is 27.0 Å². The van der Waals surface area contributed by atoms with Gasteiger partial charge in [-0.05, 0) is 59.4 Å². The average molecular weight is 416 g/mol. The zero-order chi connectivity index (χ0) is 21.1. The number of benzene rings is 3. The van der Waals surface area contributed by atoms with E-state index in [2.05, 4.69) is 0 Å². The Morgan fingerprint density at radius 2 is 1.53 bits per heavy atom. The van der Waals surface area contributed by atoms with Crippen molar-refractivity contribution in [1.29, 1.82) is 0 Å². The Bertz CT molecular complexity index is 1120. The molecule has 0 radical (unpaired) electrons. The third kappa shape index (κ3) is 3.89. The molecular weight excluding hydrogens is 394 g/mol. The second-order valence-corrected chi connectivity index (χ2v) is 7.80. The fourth-order valence-corrected chi connectivity index (χ4v) is 3.87. The first kappa shape index (κ1) is 20.0. The van der Waals surface area contributed by atoms with Gasteiger partial charge in [0.2, 0.25) is 0 Å². The fourth-order valence-electron chi connectivity index (χ4n) is 3.47. The largest absolute Gasteiger partial charge is 0.497 e. The summed E-state index contributed by atoms with van der Waals surface area (Å²) >= 11 is 1.67. The highest BCUT2D eigenvalue weighted by molar-refractivity contribution is 7.98. The number of nitrogens with zero attached hydrogens (tertiary/aromatic N) is 1. The van der Waals surface area contributed by atoms with Crippen LogP contribution in [0.25, 0.3) is 11.6 Å². The second-order valence-electron chi connectivity index (χ2n) is 6.92. The lowest BCUT2D eigenvalue weighted by atomic mass is 9.91. The minimum Gasteiger partial charge on any atom is -0.497 e. The van der Waals surface area contributed by atoms with Crippen molar-refractivity contribution < 1.29 is 14.3 Å². The van der Waals surface area contributed by atoms with Gasteiger partial charge in [0, 0.05) is 16.0 Å². The summed E-state index contributed by atoms with van der Waals surface area (Å²) in [5.41, 5.74) is 3.52. The summed E-state index contributed by atoms with van der Waals surface area (Å²) in [6, 6.07) is 22.7. The predicted molar refractivity (Wildman–Crippen MR) is 120 cm³/mol. The molecule has 0 aromatic heterocycles. The zero-order valence-corrected chi connectivity index (χ0v) is 17.6. The summed E-state index contributed by atoms with van der Waals surface area (Å²) in [6.07, 6.45) is 3.88. The first-order valence-corrected chi connectivity index (χ1v) is 10.8. The van der Waals surface area contributed by atoms with Gasteiger partial charge < -0.3 is 4.74 Å². The number of hydrogen-bond donors (Lipinski definition) is 0. The monoisotopic (exact) mass is 415 g/mol. The molecule has 5 heteroatoms. The molecule has 3 aromatic rings. The number of imide groups is 1. The first-order chi connectivity index (χ1) is 14.6. The predicted octanol–water partition coefficient (Wildman–Crippen LogP) is 5.14. The maximum atomic E-state index is 13.4. The molecule has 0 bridgehead atoms. The molecule has 2 amide bonds. The van der Waals surface area contributed by atoms with Gasteiger partial charge in [0.1, 0.15) is 5.75 Å². The lowest BCUT2D eigenvalue weighted by Crippen LogP contribution is -2.41. The summed E-state index contributed by atoms with van der Waals surface area (Å²) in [6.45, 7) is 0.207. The molecule has 1 heterocycles. The smallest absolute Gasteiger partial charge is 0.261 e. The van der Waals surface area contributed by atoms with Gasteiger partial charge in [0.25, 0.3) is 11.8 Å². The van der Waals surface area contributed by atoms with Gasteiger partial charge in [-0.25, -0.2) is 0 Å². The molecule has 0 atom stereocenters. The van der Waals surface area contributed by atoms with E-state index < -0.39 is 0 Å². The van der Waals surface area contributed by atoms with Gasteiger partial charge in [-0.3, -0.25) is 14.5 Å². The molecule has 0 unspecified atom stereocenters. The molecule has 0 N–H and O–H groups in total. The Labute approximate surface area is 180 Å². The molecule has 0 saturated heterocycles. The van der Waals surface area contributed by atoms with Gasteiger partial charge in [-0.1, -0.05) is 42.5 Å². The van der Waals surface area contributed by atoms with Crippen molar-refractivity contribution in [3.63, 3.8) is 0 Å². The topological polar surface area (TPSA) is 46.6 Å². The van der Waals surface area contributed by atoms with E-state index in [9.17, 15) is 9.59 Å². The van der Waals surface area contributed by atoms with Crippen LogP contribution in [0, 0.1) is 0 Å². The van der Waals surface area contributed by atoms with Gasteiger partial charge in [0.15, 0.2) is 0 Å². The van der Waals surface area contributed by atoms with E-state index in [-0.39, 0.29) is 18.4 Å². The normalized spacial score (nSPS) is 14.7. The van der Waals surface area contributed by atoms with Crippen molar-refractivity contribution in [2.45, 2.75) is 11.4 Å². The van der Waals surface area contributed by atoms with Crippen LogP contribution in [-0.4, -0.2) is 30.1 Å². The van der Waals surface area contributed by atoms with Crippen molar-refractivity contribution in [3.8, 4) is 5.75 Å². The fraction of sp³-hybridized carbons (Fsp3) is 0.120. The minimum atomic E-state index is -0.288. The van der Waals surface area contributed by atoms with Crippen molar-refractivity contribution in [2.24, 2.45) is 0 Å². The minimum absolute atomic E-state index is 0.207. The maximum absolute atomic E-state index is 13.4. The van der Waals surface area contributed by atoms with E-state index >= 15 is 0 Å². The van der Waals surface area contributed by atoms with Crippen molar-refractivity contribution in [3.05, 3.63) is 95.1 Å². The lowest BCUT2D eigenvalue weighted by Gasteiger charge is -2.28. The molecule has 0 spiro atoms. The number of hydrogen-bond acceptors (Lipinski definition) is 4. The SMILES string of the molecule is COc1ccc(CN2C(=O)C(=Cc3ccc(SC)cc3)c3ccccc3C2=O)cc1. The molecule has 4 rings (SSSR count). The second kappa shape index (κ2) is 8.59. The van der Waals surface area contributed by atoms with Crippen LogP contribution in [0.3, 0.4) is 0 Å². The summed E-state index contributed by atoms with van der Waals surface area (Å²) in [7, 11) is 1.60. The summed E-state index contributed by atoms with van der Waals surface area (Å²) in [4.78, 5) is 28.9. The molecule has 0 aliphatic carbocycles. The van der Waals surface area contributed by atoms with Gasteiger partial charge in [0.05, 0.1) is 13.7 Å². The summed E-state index contributed by atoms with van der Waals surface area (Å²) < 4.78 is 5.19. The number of amides is 2. The van der Waals surface area contributed by atoms with Crippen LogP contribution in [0.15, 0.2) is 77.7 Å². The van der Waals surface area contributed by atoms with Crippen LogP contribution in [-0.2, 0) is 11.3 Å². The molecule has 4 nitrogen and oxygen atoms in total. The van der Waals surface area contributed by atoms with Crippen LogP contribution >= 0.6 is 11.8 Å². The van der Waals surface area contributed by atoms with Crippen LogP contribution in [0.2, 0.25) is 0 Å². The third-order valence-corrected chi connectivity index (χ3v) is 5.84. The molecule has 1 aliphatic heterocycles. The Hall–Kier alpha value is -3.31. The Morgan fingerprint density at radius 1 is 0.867 bits per heavy atom. The van der Waals surface area contributed by atoms with Gasteiger partial charge >= 0.3 is 0 Å². The molecule has 0 saturated carbocycles. The van der Waals surface area contributed by atoms with E-state index in [0.29, 0.717) is 16.7 Å². The van der Waals surface area contributed by atoms with Crippen molar-refractivity contribution in [1.82, 2.24) is 4.90 Å². The highest BCUT2D eigenvalue weighted by Gasteiger charge is 2.34. The molecule has 0 fully saturated rings. The number of carbonyl (C=O) groups excluding carboxylic acids is 2. The highest BCUT2D eigenvalue weighted by Crippen LogP contribution is 2.31. The maximum Gasteiger partial charge on any atom is 0.261 e. The quantitative estimate of drug-likeness (QED) is 0.329. The summed E-state index contributed by atoms with van der Waals surface area (Å²) in [5, 5.41) is 0. The average Bonchev–Trinajstić information content (AvgIpc) is 2.80. The summed E-state index contributed by atoms with van der Waals surface area (Å²) in [5.74, 6) is 0.166. The number of fused-ring (bicyclic) bond motifs is 1. The number of thioether (sulfide) groups is 1. The molecular formula is C25H21NO3S. The van der Waals surface area contributed by atoms with Crippen LogP contribution in [0.5, 0.6) is 5.75 Å². The zero-order valence-electron chi connectivity index (χ0n) is 16.8. The molecule has 1 aliphatic rings. The number of carbonyl (C=O) groups is 2.